The van der Waals surface area contributed by atoms with E-state index in [9.17, 15) is 14.0 Å². The van der Waals surface area contributed by atoms with Gasteiger partial charge >= 0.3 is 0 Å². The standard InChI is InChI=1S/C21H19FN4O4/c1-3-30-20-7-4-13(9-24-20)17-10-23-11-18(26-17)21(28)25-12-19(27)15-8-14(29-2)5-6-16(15)22/h4-11H,3,12H2,1-2H3,(H,25,28). The Morgan fingerprint density at radius 2 is 1.97 bits per heavy atom. The summed E-state index contributed by atoms with van der Waals surface area (Å²) in [6.07, 6.45) is 4.33. The fraction of sp³-hybridized carbons (Fsp3) is 0.190. The van der Waals surface area contributed by atoms with E-state index < -0.39 is 24.1 Å². The number of hydrogen-bond acceptors (Lipinski definition) is 7. The second-order valence-electron chi connectivity index (χ2n) is 6.06. The molecule has 0 saturated heterocycles. The van der Waals surface area contributed by atoms with Crippen molar-refractivity contribution in [2.24, 2.45) is 0 Å². The number of aromatic nitrogens is 3. The Labute approximate surface area is 172 Å². The summed E-state index contributed by atoms with van der Waals surface area (Å²) in [6, 6.07) is 7.26. The molecule has 0 fully saturated rings. The normalized spacial score (nSPS) is 10.4. The molecule has 0 aliphatic rings. The SMILES string of the molecule is CCOc1ccc(-c2cncc(C(=O)NCC(=O)c3cc(OC)ccc3F)n2)cn1. The molecule has 9 heteroatoms. The highest BCUT2D eigenvalue weighted by Crippen LogP contribution is 2.18. The molecule has 0 saturated carbocycles. The Balaban J connectivity index is 1.69. The molecular formula is C21H19FN4O4. The first-order valence-electron chi connectivity index (χ1n) is 9.08. The van der Waals surface area contributed by atoms with E-state index in [-0.39, 0.29) is 11.3 Å². The van der Waals surface area contributed by atoms with Crippen LogP contribution in [0.25, 0.3) is 11.3 Å². The predicted octanol–water partition coefficient (Wildman–Crippen LogP) is 2.70. The predicted molar refractivity (Wildman–Crippen MR) is 106 cm³/mol. The fourth-order valence-electron chi connectivity index (χ4n) is 2.57. The van der Waals surface area contributed by atoms with Crippen molar-refractivity contribution >= 4 is 11.7 Å². The molecule has 0 aliphatic carbocycles. The van der Waals surface area contributed by atoms with Crippen LogP contribution in [0.3, 0.4) is 0 Å². The number of ether oxygens (including phenoxy) is 2. The molecule has 3 rings (SSSR count). The highest BCUT2D eigenvalue weighted by Gasteiger charge is 2.16. The quantitative estimate of drug-likeness (QED) is 0.570. The summed E-state index contributed by atoms with van der Waals surface area (Å²) < 4.78 is 24.2. The monoisotopic (exact) mass is 410 g/mol. The van der Waals surface area contributed by atoms with E-state index in [1.165, 1.54) is 31.6 Å². The van der Waals surface area contributed by atoms with Gasteiger partial charge in [-0.3, -0.25) is 14.6 Å². The van der Waals surface area contributed by atoms with Gasteiger partial charge in [0.25, 0.3) is 5.91 Å². The smallest absolute Gasteiger partial charge is 0.271 e. The molecule has 2 aromatic heterocycles. The summed E-state index contributed by atoms with van der Waals surface area (Å²) in [6.45, 7) is 1.95. The molecule has 0 aliphatic heterocycles. The molecule has 1 amide bonds. The summed E-state index contributed by atoms with van der Waals surface area (Å²) in [7, 11) is 1.41. The van der Waals surface area contributed by atoms with Gasteiger partial charge in [0.05, 0.1) is 43.9 Å². The van der Waals surface area contributed by atoms with Crippen LogP contribution in [0.1, 0.15) is 27.8 Å². The van der Waals surface area contributed by atoms with Crippen molar-refractivity contribution in [1.29, 1.82) is 0 Å². The van der Waals surface area contributed by atoms with Crippen LogP contribution < -0.4 is 14.8 Å². The molecule has 30 heavy (non-hydrogen) atoms. The lowest BCUT2D eigenvalue weighted by Crippen LogP contribution is -2.30. The second-order valence-corrected chi connectivity index (χ2v) is 6.06. The molecule has 0 radical (unpaired) electrons. The molecule has 0 atom stereocenters. The van der Waals surface area contributed by atoms with Crippen molar-refractivity contribution in [1.82, 2.24) is 20.3 Å². The zero-order chi connectivity index (χ0) is 21.5. The summed E-state index contributed by atoms with van der Waals surface area (Å²) in [5.74, 6) is -1.08. The lowest BCUT2D eigenvalue weighted by Gasteiger charge is -2.08. The van der Waals surface area contributed by atoms with Crippen LogP contribution in [0.15, 0.2) is 48.9 Å². The minimum atomic E-state index is -0.695. The first-order chi connectivity index (χ1) is 14.5. The number of carbonyl (C=O) groups excluding carboxylic acids is 2. The average molecular weight is 410 g/mol. The van der Waals surface area contributed by atoms with E-state index in [4.69, 9.17) is 9.47 Å². The topological polar surface area (TPSA) is 103 Å². The van der Waals surface area contributed by atoms with Gasteiger partial charge in [-0.1, -0.05) is 0 Å². The third-order valence-corrected chi connectivity index (χ3v) is 4.07. The lowest BCUT2D eigenvalue weighted by atomic mass is 10.1. The molecule has 0 bridgehead atoms. The fourth-order valence-corrected chi connectivity index (χ4v) is 2.57. The van der Waals surface area contributed by atoms with E-state index in [0.29, 0.717) is 29.5 Å². The second kappa shape index (κ2) is 9.55. The summed E-state index contributed by atoms with van der Waals surface area (Å²) in [5, 5.41) is 2.43. The molecule has 0 unspecified atom stereocenters. The number of halogens is 1. The van der Waals surface area contributed by atoms with E-state index >= 15 is 0 Å². The average Bonchev–Trinajstić information content (AvgIpc) is 2.78. The maximum Gasteiger partial charge on any atom is 0.271 e. The van der Waals surface area contributed by atoms with E-state index in [1.807, 2.05) is 6.92 Å². The van der Waals surface area contributed by atoms with Crippen molar-refractivity contribution in [3.8, 4) is 22.9 Å². The number of pyridine rings is 1. The number of Topliss-reactive ketones (excluding diaryl/α,β-unsaturated/α-hetero) is 1. The Bertz CT molecular complexity index is 1060. The van der Waals surface area contributed by atoms with Crippen LogP contribution in [0.4, 0.5) is 4.39 Å². The minimum Gasteiger partial charge on any atom is -0.497 e. The number of hydrogen-bond donors (Lipinski definition) is 1. The largest absolute Gasteiger partial charge is 0.497 e. The zero-order valence-corrected chi connectivity index (χ0v) is 16.4. The summed E-state index contributed by atoms with van der Waals surface area (Å²) >= 11 is 0. The number of methoxy groups -OCH3 is 1. The molecule has 154 valence electrons. The van der Waals surface area contributed by atoms with Gasteiger partial charge < -0.3 is 14.8 Å². The lowest BCUT2D eigenvalue weighted by molar-refractivity contribution is 0.0899. The molecule has 8 nitrogen and oxygen atoms in total. The molecule has 3 aromatic rings. The zero-order valence-electron chi connectivity index (χ0n) is 16.4. The van der Waals surface area contributed by atoms with Crippen LogP contribution in [0, 0.1) is 5.82 Å². The maximum absolute atomic E-state index is 13.9. The molecule has 1 N–H and O–H groups in total. The Kier molecular flexibility index (Phi) is 6.63. The Morgan fingerprint density at radius 3 is 2.67 bits per heavy atom. The third-order valence-electron chi connectivity index (χ3n) is 4.07. The van der Waals surface area contributed by atoms with Gasteiger partial charge in [-0.15, -0.1) is 0 Å². The summed E-state index contributed by atoms with van der Waals surface area (Å²) in [4.78, 5) is 37.1. The highest BCUT2D eigenvalue weighted by molar-refractivity contribution is 6.02. The first-order valence-corrected chi connectivity index (χ1v) is 9.08. The van der Waals surface area contributed by atoms with Crippen LogP contribution in [-0.2, 0) is 0 Å². The number of ketones is 1. The highest BCUT2D eigenvalue weighted by atomic mass is 19.1. The van der Waals surface area contributed by atoms with Crippen LogP contribution >= 0.6 is 0 Å². The number of carbonyl (C=O) groups is 2. The van der Waals surface area contributed by atoms with Crippen LogP contribution in [0.5, 0.6) is 11.6 Å². The van der Waals surface area contributed by atoms with Gasteiger partial charge in [0.1, 0.15) is 17.3 Å². The van der Waals surface area contributed by atoms with Gasteiger partial charge in [-0.25, -0.2) is 14.4 Å². The van der Waals surface area contributed by atoms with Crippen molar-refractivity contribution in [2.75, 3.05) is 20.3 Å². The van der Waals surface area contributed by atoms with E-state index in [2.05, 4.69) is 20.3 Å². The molecule has 0 spiro atoms. The number of nitrogens with one attached hydrogen (secondary N) is 1. The molecule has 2 heterocycles. The van der Waals surface area contributed by atoms with Gasteiger partial charge in [0, 0.05) is 17.8 Å². The van der Waals surface area contributed by atoms with Crippen molar-refractivity contribution in [3.63, 3.8) is 0 Å². The van der Waals surface area contributed by atoms with Crippen LogP contribution in [0.2, 0.25) is 0 Å². The third kappa shape index (κ3) is 4.93. The van der Waals surface area contributed by atoms with Gasteiger partial charge in [-0.05, 0) is 31.2 Å². The summed E-state index contributed by atoms with van der Waals surface area (Å²) in [5.41, 5.74) is 0.925. The number of rotatable bonds is 8. The Morgan fingerprint density at radius 1 is 1.13 bits per heavy atom. The van der Waals surface area contributed by atoms with Gasteiger partial charge in [0.15, 0.2) is 5.78 Å². The van der Waals surface area contributed by atoms with Crippen molar-refractivity contribution in [2.45, 2.75) is 6.92 Å². The number of nitrogens with zero attached hydrogens (tertiary/aromatic N) is 3. The van der Waals surface area contributed by atoms with Crippen molar-refractivity contribution < 1.29 is 23.5 Å². The van der Waals surface area contributed by atoms with Crippen molar-refractivity contribution in [3.05, 3.63) is 66.0 Å². The number of amides is 1. The minimum absolute atomic E-state index is 0.0142. The maximum atomic E-state index is 13.9. The van der Waals surface area contributed by atoms with Crippen LogP contribution in [-0.4, -0.2) is 46.9 Å². The first kappa shape index (κ1) is 20.8. The van der Waals surface area contributed by atoms with Gasteiger partial charge in [0.2, 0.25) is 5.88 Å². The number of benzene rings is 1. The molecular weight excluding hydrogens is 391 g/mol. The van der Waals surface area contributed by atoms with Gasteiger partial charge in [-0.2, -0.15) is 0 Å². The van der Waals surface area contributed by atoms with E-state index in [1.54, 1.807) is 18.3 Å². The Hall–Kier alpha value is -3.88. The van der Waals surface area contributed by atoms with E-state index in [0.717, 1.165) is 6.07 Å². The molecule has 1 aromatic carbocycles.